The Kier molecular flexibility index (Phi) is 4.55. The molecule has 0 saturated heterocycles. The number of hydrogen-bond acceptors (Lipinski definition) is 6. The summed E-state index contributed by atoms with van der Waals surface area (Å²) in [5.74, 6) is 1.34. The maximum atomic E-state index is 12.1. The van der Waals surface area contributed by atoms with Crippen LogP contribution in [0.4, 0.5) is 5.82 Å². The third-order valence-electron chi connectivity index (χ3n) is 4.35. The summed E-state index contributed by atoms with van der Waals surface area (Å²) in [6, 6.07) is 3.94. The molecule has 2 N–H and O–H groups in total. The highest BCUT2D eigenvalue weighted by Gasteiger charge is 2.23. The van der Waals surface area contributed by atoms with E-state index >= 15 is 0 Å². The zero-order chi connectivity index (χ0) is 18.1. The number of nitrogens with one attached hydrogen (secondary N) is 2. The summed E-state index contributed by atoms with van der Waals surface area (Å²) in [6.07, 6.45) is 6.83. The van der Waals surface area contributed by atoms with Crippen molar-refractivity contribution in [3.63, 3.8) is 0 Å². The Bertz CT molecular complexity index is 951. The summed E-state index contributed by atoms with van der Waals surface area (Å²) in [4.78, 5) is 28.1. The lowest BCUT2D eigenvalue weighted by atomic mass is 10.2. The minimum atomic E-state index is -0.0402. The Labute approximate surface area is 156 Å². The van der Waals surface area contributed by atoms with E-state index in [1.54, 1.807) is 23.7 Å². The molecular weight excluding hydrogens is 346 g/mol. The molecule has 1 aliphatic carbocycles. The van der Waals surface area contributed by atoms with Crippen LogP contribution in [0.25, 0.3) is 21.6 Å². The van der Waals surface area contributed by atoms with Crippen molar-refractivity contribution in [2.24, 2.45) is 0 Å². The van der Waals surface area contributed by atoms with Gasteiger partial charge in [0.25, 0.3) is 0 Å². The third-order valence-corrected chi connectivity index (χ3v) is 5.54. The van der Waals surface area contributed by atoms with Crippen molar-refractivity contribution in [3.05, 3.63) is 35.0 Å². The third kappa shape index (κ3) is 3.26. The van der Waals surface area contributed by atoms with E-state index in [-0.39, 0.29) is 18.5 Å². The van der Waals surface area contributed by atoms with Crippen LogP contribution in [0, 0.1) is 0 Å². The molecule has 0 bridgehead atoms. The van der Waals surface area contributed by atoms with Crippen LogP contribution in [0.5, 0.6) is 0 Å². The Morgan fingerprint density at radius 1 is 1.31 bits per heavy atom. The number of anilines is 1. The molecule has 134 valence electrons. The molecule has 0 saturated carbocycles. The van der Waals surface area contributed by atoms with Gasteiger partial charge in [-0.2, -0.15) is 0 Å². The molecule has 0 aliphatic heterocycles. The lowest BCUT2D eigenvalue weighted by molar-refractivity contribution is -0.119. The number of amides is 1. The van der Waals surface area contributed by atoms with Gasteiger partial charge in [0, 0.05) is 28.9 Å². The van der Waals surface area contributed by atoms with Gasteiger partial charge < -0.3 is 10.6 Å². The number of nitrogens with zero attached hydrogens (tertiary/aromatic N) is 3. The smallest absolute Gasteiger partial charge is 0.239 e. The van der Waals surface area contributed by atoms with E-state index in [2.05, 4.69) is 15.6 Å². The van der Waals surface area contributed by atoms with E-state index < -0.39 is 0 Å². The van der Waals surface area contributed by atoms with Gasteiger partial charge in [-0.3, -0.25) is 9.78 Å². The van der Waals surface area contributed by atoms with E-state index in [9.17, 15) is 4.79 Å². The van der Waals surface area contributed by atoms with E-state index in [1.807, 2.05) is 26.0 Å². The second-order valence-corrected chi connectivity index (χ2v) is 7.83. The van der Waals surface area contributed by atoms with Crippen molar-refractivity contribution in [1.82, 2.24) is 20.3 Å². The van der Waals surface area contributed by atoms with Crippen LogP contribution >= 0.6 is 11.3 Å². The van der Waals surface area contributed by atoms with E-state index in [0.29, 0.717) is 5.82 Å². The number of carbonyl (C=O) groups excluding carboxylic acids is 1. The number of carbonyl (C=O) groups is 1. The number of hydrogen-bond donors (Lipinski definition) is 2. The number of fused-ring (bicyclic) bond motifs is 3. The first kappa shape index (κ1) is 16.9. The second kappa shape index (κ2) is 6.99. The molecule has 26 heavy (non-hydrogen) atoms. The Morgan fingerprint density at radius 2 is 2.19 bits per heavy atom. The first-order valence-corrected chi connectivity index (χ1v) is 9.69. The molecule has 3 heterocycles. The van der Waals surface area contributed by atoms with Crippen LogP contribution in [-0.4, -0.2) is 33.4 Å². The maximum Gasteiger partial charge on any atom is 0.239 e. The molecule has 3 aromatic heterocycles. The molecule has 0 fully saturated rings. The van der Waals surface area contributed by atoms with E-state index in [4.69, 9.17) is 9.97 Å². The van der Waals surface area contributed by atoms with Gasteiger partial charge in [-0.05, 0) is 50.8 Å². The van der Waals surface area contributed by atoms with Gasteiger partial charge in [0.15, 0.2) is 5.82 Å². The minimum Gasteiger partial charge on any atom is -0.360 e. The highest BCUT2D eigenvalue weighted by atomic mass is 32.1. The van der Waals surface area contributed by atoms with Crippen molar-refractivity contribution in [3.8, 4) is 11.4 Å². The maximum absolute atomic E-state index is 12.1. The van der Waals surface area contributed by atoms with Gasteiger partial charge in [-0.1, -0.05) is 0 Å². The quantitative estimate of drug-likeness (QED) is 0.724. The SMILES string of the molecule is CC(C)NC(=O)CNc1nc(-c2cccnc2)nc2sc3c(c12)CCC3. The highest BCUT2D eigenvalue weighted by Crippen LogP contribution is 2.40. The molecule has 3 aromatic rings. The molecule has 0 aromatic carbocycles. The standard InChI is InChI=1S/C19H21N5OS/c1-11(2)22-15(25)10-21-18-16-13-6-3-7-14(13)26-19(16)24-17(23-18)12-5-4-8-20-9-12/h4-5,8-9,11H,3,6-7,10H2,1-2H3,(H,22,25)(H,21,23,24). The number of aryl methyl sites for hydroxylation is 2. The van der Waals surface area contributed by atoms with Crippen molar-refractivity contribution in [1.29, 1.82) is 0 Å². The lowest BCUT2D eigenvalue weighted by Crippen LogP contribution is -2.35. The van der Waals surface area contributed by atoms with Crippen LogP contribution in [0.1, 0.15) is 30.7 Å². The lowest BCUT2D eigenvalue weighted by Gasteiger charge is -2.12. The zero-order valence-electron chi connectivity index (χ0n) is 14.9. The van der Waals surface area contributed by atoms with Gasteiger partial charge >= 0.3 is 0 Å². The number of pyridine rings is 1. The Morgan fingerprint density at radius 3 is 2.96 bits per heavy atom. The van der Waals surface area contributed by atoms with Gasteiger partial charge in [0.2, 0.25) is 5.91 Å². The van der Waals surface area contributed by atoms with Gasteiger partial charge in [-0.25, -0.2) is 9.97 Å². The summed E-state index contributed by atoms with van der Waals surface area (Å²) in [6.45, 7) is 4.10. The average molecular weight is 367 g/mol. The molecule has 1 aliphatic rings. The summed E-state index contributed by atoms with van der Waals surface area (Å²) >= 11 is 1.74. The van der Waals surface area contributed by atoms with Crippen molar-refractivity contribution < 1.29 is 4.79 Å². The second-order valence-electron chi connectivity index (χ2n) is 6.75. The van der Waals surface area contributed by atoms with Crippen LogP contribution < -0.4 is 10.6 Å². The first-order valence-electron chi connectivity index (χ1n) is 8.87. The summed E-state index contributed by atoms with van der Waals surface area (Å²) < 4.78 is 0. The molecule has 0 radical (unpaired) electrons. The van der Waals surface area contributed by atoms with Gasteiger partial charge in [0.1, 0.15) is 10.6 Å². The molecule has 4 rings (SSSR count). The zero-order valence-corrected chi connectivity index (χ0v) is 15.7. The number of rotatable bonds is 5. The molecule has 0 atom stereocenters. The Hall–Kier alpha value is -2.54. The molecule has 6 nitrogen and oxygen atoms in total. The Balaban J connectivity index is 1.74. The van der Waals surface area contributed by atoms with Crippen molar-refractivity contribution in [2.75, 3.05) is 11.9 Å². The first-order chi connectivity index (χ1) is 12.6. The van der Waals surface area contributed by atoms with Gasteiger partial charge in [-0.15, -0.1) is 11.3 Å². The molecule has 0 unspecified atom stereocenters. The summed E-state index contributed by atoms with van der Waals surface area (Å²) in [5.41, 5.74) is 2.21. The summed E-state index contributed by atoms with van der Waals surface area (Å²) in [5, 5.41) is 7.22. The largest absolute Gasteiger partial charge is 0.360 e. The predicted molar refractivity (Wildman–Crippen MR) is 104 cm³/mol. The van der Waals surface area contributed by atoms with Crippen molar-refractivity contribution in [2.45, 2.75) is 39.2 Å². The highest BCUT2D eigenvalue weighted by molar-refractivity contribution is 7.19. The summed E-state index contributed by atoms with van der Waals surface area (Å²) in [7, 11) is 0. The molecule has 0 spiro atoms. The van der Waals surface area contributed by atoms with Crippen LogP contribution in [0.2, 0.25) is 0 Å². The monoisotopic (exact) mass is 367 g/mol. The van der Waals surface area contributed by atoms with Crippen LogP contribution in [0.3, 0.4) is 0 Å². The number of aromatic nitrogens is 3. The van der Waals surface area contributed by atoms with Gasteiger partial charge in [0.05, 0.1) is 11.9 Å². The number of thiophene rings is 1. The minimum absolute atomic E-state index is 0.0402. The normalized spacial score (nSPS) is 13.2. The van der Waals surface area contributed by atoms with Crippen molar-refractivity contribution >= 4 is 33.3 Å². The fourth-order valence-corrected chi connectivity index (χ4v) is 4.55. The van der Waals surface area contributed by atoms with E-state index in [1.165, 1.54) is 16.9 Å². The van der Waals surface area contributed by atoms with Crippen LogP contribution in [0.15, 0.2) is 24.5 Å². The fourth-order valence-electron chi connectivity index (χ4n) is 3.28. The average Bonchev–Trinajstić information content (AvgIpc) is 3.20. The predicted octanol–water partition coefficient (Wildman–Crippen LogP) is 3.18. The molecule has 1 amide bonds. The molecular formula is C19H21N5OS. The fraction of sp³-hybridized carbons (Fsp3) is 0.368. The van der Waals surface area contributed by atoms with Crippen LogP contribution in [-0.2, 0) is 17.6 Å². The molecule has 7 heteroatoms. The topological polar surface area (TPSA) is 79.8 Å². The van der Waals surface area contributed by atoms with E-state index in [0.717, 1.165) is 34.4 Å².